The molecule has 96 valence electrons. The van der Waals surface area contributed by atoms with Crippen molar-refractivity contribution in [2.75, 3.05) is 19.8 Å². The standard InChI is InChI=1S/C14H16O4/c1-2-14(17-10-13(8-15)18-14)11-16-9-12-6-4-3-5-7-12/h1,3-7,13,15H,8-11H2/t13-,14+/m0/s1. The number of hydrogen-bond donors (Lipinski definition) is 1. The topological polar surface area (TPSA) is 47.9 Å². The van der Waals surface area contributed by atoms with Crippen LogP contribution in [0.15, 0.2) is 30.3 Å². The van der Waals surface area contributed by atoms with E-state index >= 15 is 0 Å². The highest BCUT2D eigenvalue weighted by atomic mass is 16.8. The van der Waals surface area contributed by atoms with Gasteiger partial charge in [0.15, 0.2) is 0 Å². The van der Waals surface area contributed by atoms with E-state index in [9.17, 15) is 0 Å². The predicted octanol–water partition coefficient (Wildman–Crippen LogP) is 0.940. The normalized spacial score (nSPS) is 27.0. The van der Waals surface area contributed by atoms with Gasteiger partial charge in [-0.05, 0) is 11.5 Å². The van der Waals surface area contributed by atoms with Gasteiger partial charge in [-0.15, -0.1) is 6.42 Å². The van der Waals surface area contributed by atoms with Gasteiger partial charge in [-0.1, -0.05) is 30.3 Å². The maximum Gasteiger partial charge on any atom is 0.258 e. The van der Waals surface area contributed by atoms with Crippen molar-refractivity contribution in [2.45, 2.75) is 18.5 Å². The molecule has 1 aliphatic rings. The minimum absolute atomic E-state index is 0.109. The summed E-state index contributed by atoms with van der Waals surface area (Å²) < 4.78 is 16.4. The summed E-state index contributed by atoms with van der Waals surface area (Å²) in [6.45, 7) is 0.771. The lowest BCUT2D eigenvalue weighted by atomic mass is 10.2. The van der Waals surface area contributed by atoms with Crippen LogP contribution in [0.2, 0.25) is 0 Å². The van der Waals surface area contributed by atoms with Gasteiger partial charge in [-0.25, -0.2) is 0 Å². The van der Waals surface area contributed by atoms with E-state index in [1.54, 1.807) is 0 Å². The van der Waals surface area contributed by atoms with Crippen LogP contribution < -0.4 is 0 Å². The molecule has 0 unspecified atom stereocenters. The third-order valence-electron chi connectivity index (χ3n) is 2.69. The molecule has 1 N–H and O–H groups in total. The first kappa shape index (κ1) is 13.1. The number of ether oxygens (including phenoxy) is 3. The molecule has 1 fully saturated rings. The monoisotopic (exact) mass is 248 g/mol. The summed E-state index contributed by atoms with van der Waals surface area (Å²) in [5.41, 5.74) is 1.06. The van der Waals surface area contributed by atoms with E-state index in [2.05, 4.69) is 5.92 Å². The van der Waals surface area contributed by atoms with Gasteiger partial charge in [0.2, 0.25) is 0 Å². The molecule has 0 saturated carbocycles. The zero-order valence-corrected chi connectivity index (χ0v) is 10.0. The molecular weight excluding hydrogens is 232 g/mol. The van der Waals surface area contributed by atoms with Crippen LogP contribution in [0.4, 0.5) is 0 Å². The Kier molecular flexibility index (Phi) is 4.34. The maximum atomic E-state index is 8.98. The molecular formula is C14H16O4. The molecule has 0 bridgehead atoms. The Balaban J connectivity index is 1.84. The summed E-state index contributed by atoms with van der Waals surface area (Å²) in [4.78, 5) is 0. The number of rotatable bonds is 5. The van der Waals surface area contributed by atoms with E-state index in [0.29, 0.717) is 6.61 Å². The van der Waals surface area contributed by atoms with Gasteiger partial charge in [0.1, 0.15) is 12.7 Å². The summed E-state index contributed by atoms with van der Waals surface area (Å²) in [6.07, 6.45) is 5.03. The third-order valence-corrected chi connectivity index (χ3v) is 2.69. The Labute approximate surface area is 106 Å². The highest BCUT2D eigenvalue weighted by Gasteiger charge is 2.40. The van der Waals surface area contributed by atoms with E-state index in [-0.39, 0.29) is 25.9 Å². The Hall–Kier alpha value is -1.38. The molecule has 1 aliphatic heterocycles. The zero-order chi connectivity index (χ0) is 12.8. The van der Waals surface area contributed by atoms with Gasteiger partial charge >= 0.3 is 0 Å². The van der Waals surface area contributed by atoms with Crippen molar-refractivity contribution in [3.63, 3.8) is 0 Å². The molecule has 0 radical (unpaired) electrons. The first-order chi connectivity index (χ1) is 8.78. The van der Waals surface area contributed by atoms with Crippen LogP contribution in [-0.2, 0) is 20.8 Å². The largest absolute Gasteiger partial charge is 0.394 e. The van der Waals surface area contributed by atoms with Gasteiger partial charge < -0.3 is 19.3 Å². The van der Waals surface area contributed by atoms with E-state index in [1.165, 1.54) is 0 Å². The molecule has 0 aromatic heterocycles. The highest BCUT2D eigenvalue weighted by Crippen LogP contribution is 2.23. The maximum absolute atomic E-state index is 8.98. The molecule has 2 rings (SSSR count). The molecule has 0 spiro atoms. The zero-order valence-electron chi connectivity index (χ0n) is 10.0. The number of aliphatic hydroxyl groups is 1. The van der Waals surface area contributed by atoms with Gasteiger partial charge in [0, 0.05) is 0 Å². The smallest absolute Gasteiger partial charge is 0.258 e. The molecule has 1 aromatic carbocycles. The highest BCUT2D eigenvalue weighted by molar-refractivity contribution is 5.13. The Morgan fingerprint density at radius 1 is 1.44 bits per heavy atom. The second kappa shape index (κ2) is 5.98. The van der Waals surface area contributed by atoms with Crippen molar-refractivity contribution < 1.29 is 19.3 Å². The molecule has 1 heterocycles. The summed E-state index contributed by atoms with van der Waals surface area (Å²) in [5.74, 6) is 1.28. The molecule has 1 saturated heterocycles. The molecule has 1 aromatic rings. The van der Waals surface area contributed by atoms with E-state index in [0.717, 1.165) is 5.56 Å². The van der Waals surface area contributed by atoms with Crippen molar-refractivity contribution in [2.24, 2.45) is 0 Å². The van der Waals surface area contributed by atoms with Crippen LogP contribution in [0.5, 0.6) is 0 Å². The van der Waals surface area contributed by atoms with Crippen molar-refractivity contribution >= 4 is 0 Å². The minimum atomic E-state index is -1.16. The summed E-state index contributed by atoms with van der Waals surface area (Å²) >= 11 is 0. The molecule has 18 heavy (non-hydrogen) atoms. The fraction of sp³-hybridized carbons (Fsp3) is 0.429. The molecule has 4 heteroatoms. The second-order valence-electron chi connectivity index (χ2n) is 4.11. The number of benzene rings is 1. The van der Waals surface area contributed by atoms with E-state index < -0.39 is 5.79 Å². The molecule has 0 aliphatic carbocycles. The quantitative estimate of drug-likeness (QED) is 0.788. The lowest BCUT2D eigenvalue weighted by Gasteiger charge is -2.21. The third kappa shape index (κ3) is 3.09. The second-order valence-corrected chi connectivity index (χ2v) is 4.11. The van der Waals surface area contributed by atoms with Crippen molar-refractivity contribution in [3.05, 3.63) is 35.9 Å². The van der Waals surface area contributed by atoms with E-state index in [4.69, 9.17) is 25.7 Å². The van der Waals surface area contributed by atoms with E-state index in [1.807, 2.05) is 30.3 Å². The van der Waals surface area contributed by atoms with Crippen LogP contribution in [0, 0.1) is 12.3 Å². The van der Waals surface area contributed by atoms with Crippen molar-refractivity contribution in [1.29, 1.82) is 0 Å². The Morgan fingerprint density at radius 3 is 2.83 bits per heavy atom. The van der Waals surface area contributed by atoms with Crippen molar-refractivity contribution in [3.8, 4) is 12.3 Å². The molecule has 2 atom stereocenters. The van der Waals surface area contributed by atoms with Crippen LogP contribution in [-0.4, -0.2) is 36.8 Å². The summed E-state index contributed by atoms with van der Waals surface area (Å²) in [5, 5.41) is 8.98. The average molecular weight is 248 g/mol. The van der Waals surface area contributed by atoms with Crippen LogP contribution in [0.1, 0.15) is 5.56 Å². The number of aliphatic hydroxyl groups excluding tert-OH is 1. The fourth-order valence-corrected chi connectivity index (χ4v) is 1.73. The van der Waals surface area contributed by atoms with Crippen molar-refractivity contribution in [1.82, 2.24) is 0 Å². The minimum Gasteiger partial charge on any atom is -0.394 e. The number of hydrogen-bond acceptors (Lipinski definition) is 4. The average Bonchev–Trinajstić information content (AvgIpc) is 2.84. The fourth-order valence-electron chi connectivity index (χ4n) is 1.73. The molecule has 0 amide bonds. The van der Waals surface area contributed by atoms with Gasteiger partial charge in [-0.3, -0.25) is 0 Å². The van der Waals surface area contributed by atoms with Gasteiger partial charge in [0.25, 0.3) is 5.79 Å². The Bertz CT molecular complexity index is 412. The first-order valence-corrected chi connectivity index (χ1v) is 5.80. The van der Waals surface area contributed by atoms with Crippen LogP contribution >= 0.6 is 0 Å². The Morgan fingerprint density at radius 2 is 2.22 bits per heavy atom. The first-order valence-electron chi connectivity index (χ1n) is 5.80. The number of terminal acetylenes is 1. The molecule has 4 nitrogen and oxygen atoms in total. The summed E-state index contributed by atoms with van der Waals surface area (Å²) in [7, 11) is 0. The SMILES string of the molecule is C#C[C@@]1(COCc2ccccc2)OC[C@H](CO)O1. The van der Waals surface area contributed by atoms with Crippen LogP contribution in [0.3, 0.4) is 0 Å². The lowest BCUT2D eigenvalue weighted by Crippen LogP contribution is -2.35. The predicted molar refractivity (Wildman–Crippen MR) is 65.6 cm³/mol. The lowest BCUT2D eigenvalue weighted by molar-refractivity contribution is -0.166. The van der Waals surface area contributed by atoms with Gasteiger partial charge in [0.05, 0.1) is 19.8 Å². The van der Waals surface area contributed by atoms with Gasteiger partial charge in [-0.2, -0.15) is 0 Å². The van der Waals surface area contributed by atoms with Crippen LogP contribution in [0.25, 0.3) is 0 Å². The summed E-state index contributed by atoms with van der Waals surface area (Å²) in [6, 6.07) is 9.77.